The molecule has 6 heteroatoms. The van der Waals surface area contributed by atoms with Crippen LogP contribution in [0.5, 0.6) is 5.88 Å². The monoisotopic (exact) mass is 265 g/mol. The highest BCUT2D eigenvalue weighted by Gasteiger charge is 2.51. The van der Waals surface area contributed by atoms with Gasteiger partial charge in [-0.1, -0.05) is 6.07 Å². The Morgan fingerprint density at radius 1 is 1.21 bits per heavy atom. The fraction of sp³-hybridized carbons (Fsp3) is 0.615. The molecule has 1 aliphatic heterocycles. The second-order valence-corrected chi connectivity index (χ2v) is 5.59. The summed E-state index contributed by atoms with van der Waals surface area (Å²) in [7, 11) is -0.413. The average molecular weight is 265 g/mol. The first-order valence-electron chi connectivity index (χ1n) is 6.41. The van der Waals surface area contributed by atoms with E-state index in [1.165, 1.54) is 0 Å². The molecule has 1 N–H and O–H groups in total. The van der Waals surface area contributed by atoms with Crippen LogP contribution in [0.1, 0.15) is 27.7 Å². The molecule has 19 heavy (non-hydrogen) atoms. The molecule has 0 saturated carbocycles. The Labute approximate surface area is 114 Å². The Kier molecular flexibility index (Phi) is 3.85. The third kappa shape index (κ3) is 2.91. The van der Waals surface area contributed by atoms with Crippen LogP contribution < -0.4 is 10.2 Å². The van der Waals surface area contributed by atoms with Gasteiger partial charge in [0.1, 0.15) is 6.61 Å². The summed E-state index contributed by atoms with van der Waals surface area (Å²) >= 11 is 0. The quantitative estimate of drug-likeness (QED) is 0.814. The number of nitrogens with zero attached hydrogens (tertiary/aromatic N) is 1. The van der Waals surface area contributed by atoms with Crippen molar-refractivity contribution in [2.24, 2.45) is 0 Å². The van der Waals surface area contributed by atoms with Crippen molar-refractivity contribution in [1.29, 1.82) is 0 Å². The van der Waals surface area contributed by atoms with Crippen molar-refractivity contribution >= 4 is 12.6 Å². The highest BCUT2D eigenvalue weighted by molar-refractivity contribution is 6.62. The average Bonchev–Trinajstić information content (AvgIpc) is 2.56. The van der Waals surface area contributed by atoms with Crippen LogP contribution in [0.25, 0.3) is 0 Å². The molecule has 0 radical (unpaired) electrons. The van der Waals surface area contributed by atoms with Crippen LogP contribution in [0.2, 0.25) is 0 Å². The molecule has 1 fully saturated rings. The van der Waals surface area contributed by atoms with Crippen LogP contribution in [0.3, 0.4) is 0 Å². The summed E-state index contributed by atoms with van der Waals surface area (Å²) in [4.78, 5) is 4.16. The van der Waals surface area contributed by atoms with Crippen molar-refractivity contribution in [3.05, 3.63) is 18.3 Å². The van der Waals surface area contributed by atoms with Crippen molar-refractivity contribution in [3.8, 4) is 5.88 Å². The first-order valence-corrected chi connectivity index (χ1v) is 6.41. The number of aromatic nitrogens is 1. The second-order valence-electron chi connectivity index (χ2n) is 5.59. The number of rotatable bonds is 4. The lowest BCUT2D eigenvalue weighted by molar-refractivity contribution is 0.00578. The predicted molar refractivity (Wildman–Crippen MR) is 72.5 cm³/mol. The van der Waals surface area contributed by atoms with Crippen LogP contribution in [0.15, 0.2) is 18.3 Å². The van der Waals surface area contributed by atoms with Crippen molar-refractivity contribution < 1.29 is 19.2 Å². The number of aliphatic hydroxyl groups is 1. The number of aliphatic hydroxyl groups excluding tert-OH is 1. The predicted octanol–water partition coefficient (Wildman–Crippen LogP) is 0.752. The van der Waals surface area contributed by atoms with Crippen molar-refractivity contribution in [2.75, 3.05) is 13.2 Å². The third-order valence-electron chi connectivity index (χ3n) is 3.63. The summed E-state index contributed by atoms with van der Waals surface area (Å²) in [5.41, 5.74) is 0.142. The van der Waals surface area contributed by atoms with E-state index in [1.807, 2.05) is 33.8 Å². The Morgan fingerprint density at radius 3 is 2.32 bits per heavy atom. The van der Waals surface area contributed by atoms with E-state index in [4.69, 9.17) is 19.2 Å². The zero-order valence-corrected chi connectivity index (χ0v) is 11.8. The molecule has 0 amide bonds. The van der Waals surface area contributed by atoms with Gasteiger partial charge in [0.2, 0.25) is 5.88 Å². The van der Waals surface area contributed by atoms with Gasteiger partial charge in [-0.2, -0.15) is 0 Å². The number of pyridine rings is 1. The van der Waals surface area contributed by atoms with Gasteiger partial charge in [-0.25, -0.2) is 4.98 Å². The lowest BCUT2D eigenvalue weighted by Gasteiger charge is -2.32. The van der Waals surface area contributed by atoms with Gasteiger partial charge in [-0.05, 0) is 33.8 Å². The lowest BCUT2D eigenvalue weighted by atomic mass is 9.80. The molecule has 0 aliphatic carbocycles. The van der Waals surface area contributed by atoms with Crippen LogP contribution in [0, 0.1) is 0 Å². The zero-order chi connectivity index (χ0) is 14.1. The molecule has 1 aromatic rings. The molecular formula is C13H20BNO4. The molecule has 0 atom stereocenters. The molecule has 0 unspecified atom stereocenters. The fourth-order valence-electron chi connectivity index (χ4n) is 1.75. The van der Waals surface area contributed by atoms with E-state index in [0.29, 0.717) is 5.88 Å². The Bertz CT molecular complexity index is 417. The molecule has 0 aromatic carbocycles. The van der Waals surface area contributed by atoms with Crippen molar-refractivity contribution in [3.63, 3.8) is 0 Å². The zero-order valence-electron chi connectivity index (χ0n) is 11.8. The Hall–Kier alpha value is -1.11. The normalized spacial score (nSPS) is 20.6. The smallest absolute Gasteiger partial charge is 0.475 e. The first kappa shape index (κ1) is 14.3. The molecular weight excluding hydrogens is 245 g/mol. The van der Waals surface area contributed by atoms with Gasteiger partial charge in [-0.3, -0.25) is 0 Å². The molecule has 1 saturated heterocycles. The fourth-order valence-corrected chi connectivity index (χ4v) is 1.75. The standard InChI is InChI=1S/C13H20BNO4/c1-12(2)13(3,4)19-14(18-12)10-5-6-11(15-9-10)17-8-7-16/h5-6,9,16H,7-8H2,1-4H3. The van der Waals surface area contributed by atoms with E-state index < -0.39 is 7.12 Å². The van der Waals surface area contributed by atoms with E-state index >= 15 is 0 Å². The summed E-state index contributed by atoms with van der Waals surface area (Å²) in [5.74, 6) is 0.481. The third-order valence-corrected chi connectivity index (χ3v) is 3.63. The van der Waals surface area contributed by atoms with E-state index in [9.17, 15) is 0 Å². The maximum atomic E-state index is 8.68. The minimum Gasteiger partial charge on any atom is -0.475 e. The van der Waals surface area contributed by atoms with Crippen LogP contribution in [-0.2, 0) is 9.31 Å². The second kappa shape index (κ2) is 5.11. The SMILES string of the molecule is CC1(C)OB(c2ccc(OCCO)nc2)OC1(C)C. The van der Waals surface area contributed by atoms with E-state index in [2.05, 4.69) is 4.98 Å². The van der Waals surface area contributed by atoms with Crippen LogP contribution >= 0.6 is 0 Å². The van der Waals surface area contributed by atoms with Gasteiger partial charge >= 0.3 is 7.12 Å². The molecule has 5 nitrogen and oxygen atoms in total. The summed E-state index contributed by atoms with van der Waals surface area (Å²) in [6.07, 6.45) is 1.68. The van der Waals surface area contributed by atoms with Gasteiger partial charge in [0.05, 0.1) is 17.8 Å². The van der Waals surface area contributed by atoms with E-state index in [-0.39, 0.29) is 24.4 Å². The molecule has 0 bridgehead atoms. The van der Waals surface area contributed by atoms with Gasteiger partial charge in [0, 0.05) is 11.7 Å². The molecule has 0 spiro atoms. The number of ether oxygens (including phenoxy) is 1. The van der Waals surface area contributed by atoms with E-state index in [0.717, 1.165) is 5.46 Å². The molecule has 104 valence electrons. The van der Waals surface area contributed by atoms with E-state index in [1.54, 1.807) is 12.3 Å². The highest BCUT2D eigenvalue weighted by Crippen LogP contribution is 2.36. The topological polar surface area (TPSA) is 60.8 Å². The van der Waals surface area contributed by atoms with Crippen molar-refractivity contribution in [2.45, 2.75) is 38.9 Å². The lowest BCUT2D eigenvalue weighted by Crippen LogP contribution is -2.41. The van der Waals surface area contributed by atoms with Crippen LogP contribution in [0.4, 0.5) is 0 Å². The first-order chi connectivity index (χ1) is 8.86. The Morgan fingerprint density at radius 2 is 1.84 bits per heavy atom. The maximum Gasteiger partial charge on any atom is 0.496 e. The maximum absolute atomic E-state index is 8.68. The van der Waals surface area contributed by atoms with Crippen molar-refractivity contribution in [1.82, 2.24) is 4.98 Å². The molecule has 1 aliphatic rings. The summed E-state index contributed by atoms with van der Waals surface area (Å²) < 4.78 is 17.1. The van der Waals surface area contributed by atoms with Gasteiger partial charge < -0.3 is 19.2 Å². The van der Waals surface area contributed by atoms with Gasteiger partial charge in [0.25, 0.3) is 0 Å². The highest BCUT2D eigenvalue weighted by atomic mass is 16.7. The van der Waals surface area contributed by atoms with Gasteiger partial charge in [0.15, 0.2) is 0 Å². The van der Waals surface area contributed by atoms with Crippen LogP contribution in [-0.4, -0.2) is 41.6 Å². The summed E-state index contributed by atoms with van der Waals surface area (Å²) in [6, 6.07) is 3.61. The summed E-state index contributed by atoms with van der Waals surface area (Å²) in [5, 5.41) is 8.68. The molecule has 2 heterocycles. The largest absolute Gasteiger partial charge is 0.496 e. The van der Waals surface area contributed by atoms with Gasteiger partial charge in [-0.15, -0.1) is 0 Å². The Balaban J connectivity index is 2.08. The minimum atomic E-state index is -0.413. The number of hydrogen-bond acceptors (Lipinski definition) is 5. The summed E-state index contributed by atoms with van der Waals surface area (Å²) in [6.45, 7) is 8.26. The number of hydrogen-bond donors (Lipinski definition) is 1. The minimum absolute atomic E-state index is 0.0271. The molecule has 1 aromatic heterocycles. The molecule has 2 rings (SSSR count).